The van der Waals surface area contributed by atoms with Crippen molar-refractivity contribution in [2.24, 2.45) is 0 Å². The van der Waals surface area contributed by atoms with Crippen LogP contribution in [0, 0.1) is 0 Å². The van der Waals surface area contributed by atoms with Crippen molar-refractivity contribution in [1.82, 2.24) is 10.2 Å². The molecule has 2 heteroatoms. The van der Waals surface area contributed by atoms with Crippen LogP contribution in [-0.4, -0.2) is 31.1 Å². The summed E-state index contributed by atoms with van der Waals surface area (Å²) in [6, 6.07) is 9.53. The summed E-state index contributed by atoms with van der Waals surface area (Å²) in [6.45, 7) is 4.94. The number of hydrogen-bond acceptors (Lipinski definition) is 2. The number of likely N-dealkylation sites (tertiary alicyclic amines) is 1. The third kappa shape index (κ3) is 2.53. The van der Waals surface area contributed by atoms with Gasteiger partial charge in [0, 0.05) is 12.6 Å². The number of fused-ring (bicyclic) bond motifs is 1. The fourth-order valence-corrected chi connectivity index (χ4v) is 3.15. The molecule has 17 heavy (non-hydrogen) atoms. The summed E-state index contributed by atoms with van der Waals surface area (Å²) in [7, 11) is 0. The highest BCUT2D eigenvalue weighted by Crippen LogP contribution is 2.24. The van der Waals surface area contributed by atoms with Crippen molar-refractivity contribution in [3.05, 3.63) is 35.4 Å². The van der Waals surface area contributed by atoms with E-state index in [1.54, 1.807) is 5.56 Å². The highest BCUT2D eigenvalue weighted by Gasteiger charge is 2.21. The first-order valence-electron chi connectivity index (χ1n) is 6.97. The van der Waals surface area contributed by atoms with E-state index >= 15 is 0 Å². The SMILES string of the molecule is c1ccc2c(c1)CCCNC2CN1CCCC1. The summed E-state index contributed by atoms with van der Waals surface area (Å²) in [5, 5.41) is 3.72. The number of nitrogens with one attached hydrogen (secondary N) is 1. The summed E-state index contributed by atoms with van der Waals surface area (Å²) >= 11 is 0. The first-order chi connectivity index (χ1) is 8.43. The van der Waals surface area contributed by atoms with Gasteiger partial charge in [0.1, 0.15) is 0 Å². The van der Waals surface area contributed by atoms with Crippen LogP contribution in [0.2, 0.25) is 0 Å². The standard InChI is InChI=1S/C15H22N2/c1-2-8-14-13(6-1)7-5-9-16-15(14)12-17-10-3-4-11-17/h1-2,6,8,15-16H,3-5,7,9-12H2. The molecule has 0 saturated carbocycles. The number of aryl methyl sites for hydroxylation is 1. The molecule has 1 aromatic carbocycles. The van der Waals surface area contributed by atoms with Crippen molar-refractivity contribution in [3.8, 4) is 0 Å². The zero-order chi connectivity index (χ0) is 11.5. The number of hydrogen-bond donors (Lipinski definition) is 1. The third-order valence-corrected chi connectivity index (χ3v) is 4.08. The molecule has 1 N–H and O–H groups in total. The van der Waals surface area contributed by atoms with Gasteiger partial charge in [-0.2, -0.15) is 0 Å². The minimum absolute atomic E-state index is 0.548. The van der Waals surface area contributed by atoms with Gasteiger partial charge in [-0.05, 0) is 56.4 Å². The molecular formula is C15H22N2. The molecule has 2 aliphatic rings. The smallest absolute Gasteiger partial charge is 0.0452 e. The molecule has 2 aliphatic heterocycles. The highest BCUT2D eigenvalue weighted by molar-refractivity contribution is 5.31. The lowest BCUT2D eigenvalue weighted by molar-refractivity contribution is 0.294. The van der Waals surface area contributed by atoms with Crippen LogP contribution in [0.5, 0.6) is 0 Å². The van der Waals surface area contributed by atoms with Crippen LogP contribution in [0.25, 0.3) is 0 Å². The number of nitrogens with zero attached hydrogens (tertiary/aromatic N) is 1. The summed E-state index contributed by atoms with van der Waals surface area (Å²) < 4.78 is 0. The molecule has 1 aromatic rings. The second-order valence-electron chi connectivity index (χ2n) is 5.32. The Labute approximate surface area is 104 Å². The Balaban J connectivity index is 1.78. The summed E-state index contributed by atoms with van der Waals surface area (Å²) in [4.78, 5) is 2.61. The lowest BCUT2D eigenvalue weighted by Gasteiger charge is -2.24. The lowest BCUT2D eigenvalue weighted by atomic mass is 9.99. The normalized spacial score (nSPS) is 25.5. The fourth-order valence-electron chi connectivity index (χ4n) is 3.15. The molecule has 1 saturated heterocycles. The van der Waals surface area contributed by atoms with E-state index in [9.17, 15) is 0 Å². The summed E-state index contributed by atoms with van der Waals surface area (Å²) in [5.41, 5.74) is 3.10. The minimum Gasteiger partial charge on any atom is -0.309 e. The molecule has 0 spiro atoms. The van der Waals surface area contributed by atoms with Crippen molar-refractivity contribution in [3.63, 3.8) is 0 Å². The predicted molar refractivity (Wildman–Crippen MR) is 71.2 cm³/mol. The monoisotopic (exact) mass is 230 g/mol. The molecular weight excluding hydrogens is 208 g/mol. The van der Waals surface area contributed by atoms with Gasteiger partial charge in [0.05, 0.1) is 0 Å². The van der Waals surface area contributed by atoms with Crippen LogP contribution >= 0.6 is 0 Å². The first-order valence-corrected chi connectivity index (χ1v) is 6.97. The molecule has 0 aromatic heterocycles. The van der Waals surface area contributed by atoms with Crippen LogP contribution in [0.15, 0.2) is 24.3 Å². The topological polar surface area (TPSA) is 15.3 Å². The number of rotatable bonds is 2. The van der Waals surface area contributed by atoms with Gasteiger partial charge in [0.15, 0.2) is 0 Å². The average Bonchev–Trinajstić information content (AvgIpc) is 2.78. The van der Waals surface area contributed by atoms with E-state index in [4.69, 9.17) is 0 Å². The Morgan fingerprint density at radius 2 is 1.94 bits per heavy atom. The van der Waals surface area contributed by atoms with E-state index in [2.05, 4.69) is 34.5 Å². The van der Waals surface area contributed by atoms with Crippen LogP contribution < -0.4 is 5.32 Å². The fraction of sp³-hybridized carbons (Fsp3) is 0.600. The molecule has 92 valence electrons. The molecule has 0 aliphatic carbocycles. The van der Waals surface area contributed by atoms with Crippen molar-refractivity contribution in [2.45, 2.75) is 31.7 Å². The molecule has 1 atom stereocenters. The Bertz CT molecular complexity index is 369. The van der Waals surface area contributed by atoms with E-state index in [0.29, 0.717) is 6.04 Å². The van der Waals surface area contributed by atoms with Gasteiger partial charge in [-0.25, -0.2) is 0 Å². The zero-order valence-electron chi connectivity index (χ0n) is 10.5. The molecule has 3 rings (SSSR count). The third-order valence-electron chi connectivity index (χ3n) is 4.08. The highest BCUT2D eigenvalue weighted by atomic mass is 15.2. The van der Waals surface area contributed by atoms with E-state index in [1.165, 1.54) is 50.9 Å². The maximum absolute atomic E-state index is 3.72. The van der Waals surface area contributed by atoms with E-state index in [-0.39, 0.29) is 0 Å². The van der Waals surface area contributed by atoms with Crippen molar-refractivity contribution >= 4 is 0 Å². The van der Waals surface area contributed by atoms with Gasteiger partial charge < -0.3 is 10.2 Å². The van der Waals surface area contributed by atoms with Gasteiger partial charge in [0.2, 0.25) is 0 Å². The molecule has 1 fully saturated rings. The largest absolute Gasteiger partial charge is 0.309 e. The predicted octanol–water partition coefficient (Wildman–Crippen LogP) is 2.36. The minimum atomic E-state index is 0.548. The maximum atomic E-state index is 3.72. The average molecular weight is 230 g/mol. The van der Waals surface area contributed by atoms with E-state index in [1.807, 2.05) is 0 Å². The van der Waals surface area contributed by atoms with Crippen LogP contribution in [0.4, 0.5) is 0 Å². The van der Waals surface area contributed by atoms with E-state index in [0.717, 1.165) is 6.54 Å². The molecule has 0 bridgehead atoms. The number of benzene rings is 1. The van der Waals surface area contributed by atoms with Crippen LogP contribution in [-0.2, 0) is 6.42 Å². The lowest BCUT2D eigenvalue weighted by Crippen LogP contribution is -2.33. The second-order valence-corrected chi connectivity index (χ2v) is 5.32. The van der Waals surface area contributed by atoms with Gasteiger partial charge in [0.25, 0.3) is 0 Å². The van der Waals surface area contributed by atoms with E-state index < -0.39 is 0 Å². The molecule has 2 heterocycles. The Kier molecular flexibility index (Phi) is 3.44. The summed E-state index contributed by atoms with van der Waals surface area (Å²) in [6.07, 6.45) is 5.27. The second kappa shape index (κ2) is 5.19. The molecule has 1 unspecified atom stereocenters. The quantitative estimate of drug-likeness (QED) is 0.839. The van der Waals surface area contributed by atoms with Gasteiger partial charge >= 0.3 is 0 Å². The molecule has 2 nitrogen and oxygen atoms in total. The van der Waals surface area contributed by atoms with Gasteiger partial charge in [-0.1, -0.05) is 24.3 Å². The van der Waals surface area contributed by atoms with Crippen molar-refractivity contribution in [2.75, 3.05) is 26.2 Å². The molecule has 0 radical (unpaired) electrons. The van der Waals surface area contributed by atoms with Crippen LogP contribution in [0.3, 0.4) is 0 Å². The van der Waals surface area contributed by atoms with Crippen molar-refractivity contribution < 1.29 is 0 Å². The van der Waals surface area contributed by atoms with Crippen LogP contribution in [0.1, 0.15) is 36.4 Å². The van der Waals surface area contributed by atoms with Crippen molar-refractivity contribution in [1.29, 1.82) is 0 Å². The summed E-state index contributed by atoms with van der Waals surface area (Å²) in [5.74, 6) is 0. The maximum Gasteiger partial charge on any atom is 0.0452 e. The Morgan fingerprint density at radius 1 is 1.12 bits per heavy atom. The van der Waals surface area contributed by atoms with Gasteiger partial charge in [-0.3, -0.25) is 0 Å². The Morgan fingerprint density at radius 3 is 2.82 bits per heavy atom. The first kappa shape index (κ1) is 11.2. The zero-order valence-corrected chi connectivity index (χ0v) is 10.5. The van der Waals surface area contributed by atoms with Gasteiger partial charge in [-0.15, -0.1) is 0 Å². The molecule has 0 amide bonds. The Hall–Kier alpha value is -0.860.